The summed E-state index contributed by atoms with van der Waals surface area (Å²) >= 11 is 0. The van der Waals surface area contributed by atoms with Crippen molar-refractivity contribution in [3.8, 4) is 5.75 Å². The number of benzene rings is 1. The molecule has 0 radical (unpaired) electrons. The predicted molar refractivity (Wildman–Crippen MR) is 61.4 cm³/mol. The van der Waals surface area contributed by atoms with Crippen LogP contribution in [0.25, 0.3) is 0 Å². The summed E-state index contributed by atoms with van der Waals surface area (Å²) in [6.45, 7) is 1.88. The highest BCUT2D eigenvalue weighted by Crippen LogP contribution is 2.27. The van der Waals surface area contributed by atoms with Gasteiger partial charge in [-0.3, -0.25) is 4.79 Å². The molecular weight excluding hydrogens is 206 g/mol. The maximum absolute atomic E-state index is 10.8. The van der Waals surface area contributed by atoms with Gasteiger partial charge in [0, 0.05) is 0 Å². The van der Waals surface area contributed by atoms with E-state index in [1.165, 1.54) is 0 Å². The van der Waals surface area contributed by atoms with Crippen LogP contribution in [0.1, 0.15) is 25.3 Å². The summed E-state index contributed by atoms with van der Waals surface area (Å²) in [5.41, 5.74) is 6.10. The summed E-state index contributed by atoms with van der Waals surface area (Å²) in [7, 11) is 1.59. The number of carbonyl (C=O) groups is 1. The van der Waals surface area contributed by atoms with E-state index in [2.05, 4.69) is 0 Å². The molecular formula is C12H17NO3. The molecule has 0 amide bonds. The molecule has 88 valence electrons. The number of hydrogen-bond acceptors (Lipinski definition) is 3. The fourth-order valence-corrected chi connectivity index (χ4v) is 1.62. The lowest BCUT2D eigenvalue weighted by molar-refractivity contribution is -0.138. The first-order chi connectivity index (χ1) is 7.51. The van der Waals surface area contributed by atoms with Crippen LogP contribution in [0, 0.1) is 0 Å². The standard InChI is InChI=1S/C12H17NO3/c1-3-12(13,8-11(14)15)9-4-6-10(16-2)7-5-9/h4-7H,3,8,13H2,1-2H3,(H,14,15). The van der Waals surface area contributed by atoms with Crippen LogP contribution in [-0.4, -0.2) is 18.2 Å². The number of rotatable bonds is 5. The van der Waals surface area contributed by atoms with Crippen LogP contribution in [-0.2, 0) is 10.3 Å². The third-order valence-corrected chi connectivity index (χ3v) is 2.76. The first kappa shape index (κ1) is 12.5. The summed E-state index contributed by atoms with van der Waals surface area (Å²) < 4.78 is 5.04. The summed E-state index contributed by atoms with van der Waals surface area (Å²) in [5.74, 6) is -0.155. The first-order valence-corrected chi connectivity index (χ1v) is 5.17. The Balaban J connectivity index is 2.98. The molecule has 1 unspecified atom stereocenters. The maximum Gasteiger partial charge on any atom is 0.305 e. The number of carboxylic acid groups (broad SMARTS) is 1. The fourth-order valence-electron chi connectivity index (χ4n) is 1.62. The highest BCUT2D eigenvalue weighted by molar-refractivity contribution is 5.69. The molecule has 0 spiro atoms. The molecule has 0 saturated heterocycles. The van der Waals surface area contributed by atoms with E-state index in [1.807, 2.05) is 19.1 Å². The van der Waals surface area contributed by atoms with Crippen molar-refractivity contribution in [2.45, 2.75) is 25.3 Å². The van der Waals surface area contributed by atoms with Gasteiger partial charge in [-0.1, -0.05) is 19.1 Å². The third kappa shape index (κ3) is 2.73. The summed E-state index contributed by atoms with van der Waals surface area (Å²) in [5, 5.41) is 8.84. The van der Waals surface area contributed by atoms with Crippen LogP contribution in [0.5, 0.6) is 5.75 Å². The van der Waals surface area contributed by atoms with Gasteiger partial charge in [-0.25, -0.2) is 0 Å². The molecule has 0 heterocycles. The molecule has 3 N–H and O–H groups in total. The van der Waals surface area contributed by atoms with Gasteiger partial charge in [0.15, 0.2) is 0 Å². The van der Waals surface area contributed by atoms with Crippen molar-refractivity contribution in [3.63, 3.8) is 0 Å². The van der Waals surface area contributed by atoms with Crippen LogP contribution in [0.2, 0.25) is 0 Å². The van der Waals surface area contributed by atoms with E-state index in [0.717, 1.165) is 11.3 Å². The molecule has 0 bridgehead atoms. The quantitative estimate of drug-likeness (QED) is 0.797. The van der Waals surface area contributed by atoms with Crippen molar-refractivity contribution < 1.29 is 14.6 Å². The Morgan fingerprint density at radius 3 is 2.38 bits per heavy atom. The Hall–Kier alpha value is -1.55. The molecule has 4 heteroatoms. The average molecular weight is 223 g/mol. The molecule has 1 aromatic rings. The summed E-state index contributed by atoms with van der Waals surface area (Å²) in [6.07, 6.45) is 0.501. The van der Waals surface area contributed by atoms with Crippen molar-refractivity contribution >= 4 is 5.97 Å². The topological polar surface area (TPSA) is 72.6 Å². The number of carboxylic acids is 1. The van der Waals surface area contributed by atoms with Crippen molar-refractivity contribution in [2.24, 2.45) is 5.73 Å². The minimum atomic E-state index is -0.889. The maximum atomic E-state index is 10.8. The monoisotopic (exact) mass is 223 g/mol. The Bertz CT molecular complexity index is 361. The molecule has 16 heavy (non-hydrogen) atoms. The van der Waals surface area contributed by atoms with Gasteiger partial charge in [0.05, 0.1) is 19.1 Å². The van der Waals surface area contributed by atoms with Crippen molar-refractivity contribution in [1.29, 1.82) is 0 Å². The van der Waals surface area contributed by atoms with Gasteiger partial charge in [0.25, 0.3) is 0 Å². The van der Waals surface area contributed by atoms with Crippen molar-refractivity contribution in [2.75, 3.05) is 7.11 Å². The Morgan fingerprint density at radius 1 is 1.44 bits per heavy atom. The zero-order valence-electron chi connectivity index (χ0n) is 9.56. The molecule has 0 aromatic heterocycles. The van der Waals surface area contributed by atoms with E-state index in [-0.39, 0.29) is 6.42 Å². The normalized spacial score (nSPS) is 14.2. The smallest absolute Gasteiger partial charge is 0.305 e. The highest BCUT2D eigenvalue weighted by atomic mass is 16.5. The second-order valence-electron chi connectivity index (χ2n) is 3.81. The summed E-state index contributed by atoms with van der Waals surface area (Å²) in [6, 6.07) is 7.19. The molecule has 0 aliphatic carbocycles. The Labute approximate surface area is 95.0 Å². The second kappa shape index (κ2) is 4.99. The largest absolute Gasteiger partial charge is 0.497 e. The fraction of sp³-hybridized carbons (Fsp3) is 0.417. The predicted octanol–water partition coefficient (Wildman–Crippen LogP) is 1.73. The number of aliphatic carboxylic acids is 1. The van der Waals surface area contributed by atoms with E-state index in [0.29, 0.717) is 6.42 Å². The second-order valence-corrected chi connectivity index (χ2v) is 3.81. The van der Waals surface area contributed by atoms with Crippen LogP contribution in [0.3, 0.4) is 0 Å². The van der Waals surface area contributed by atoms with Gasteiger partial charge in [-0.15, -0.1) is 0 Å². The lowest BCUT2D eigenvalue weighted by atomic mass is 9.85. The van der Waals surface area contributed by atoms with Crippen LogP contribution in [0.15, 0.2) is 24.3 Å². The molecule has 1 rings (SSSR count). The minimum Gasteiger partial charge on any atom is -0.497 e. The van der Waals surface area contributed by atoms with Gasteiger partial charge in [0.1, 0.15) is 5.75 Å². The van der Waals surface area contributed by atoms with Gasteiger partial charge in [0.2, 0.25) is 0 Å². The molecule has 1 atom stereocenters. The van der Waals surface area contributed by atoms with E-state index in [4.69, 9.17) is 15.6 Å². The van der Waals surface area contributed by atoms with Gasteiger partial charge in [-0.2, -0.15) is 0 Å². The minimum absolute atomic E-state index is 0.0736. The van der Waals surface area contributed by atoms with Crippen LogP contribution < -0.4 is 10.5 Å². The lowest BCUT2D eigenvalue weighted by Gasteiger charge is -2.27. The van der Waals surface area contributed by atoms with Gasteiger partial charge >= 0.3 is 5.97 Å². The number of ether oxygens (including phenoxy) is 1. The van der Waals surface area contributed by atoms with E-state index in [9.17, 15) is 4.79 Å². The zero-order valence-corrected chi connectivity index (χ0v) is 9.56. The van der Waals surface area contributed by atoms with Crippen molar-refractivity contribution in [3.05, 3.63) is 29.8 Å². The third-order valence-electron chi connectivity index (χ3n) is 2.76. The van der Waals surface area contributed by atoms with Gasteiger partial charge < -0.3 is 15.6 Å². The Morgan fingerprint density at radius 2 is 2.00 bits per heavy atom. The van der Waals surface area contributed by atoms with E-state index >= 15 is 0 Å². The van der Waals surface area contributed by atoms with Gasteiger partial charge in [-0.05, 0) is 24.1 Å². The highest BCUT2D eigenvalue weighted by Gasteiger charge is 2.28. The first-order valence-electron chi connectivity index (χ1n) is 5.17. The average Bonchev–Trinajstić information content (AvgIpc) is 2.28. The lowest BCUT2D eigenvalue weighted by Crippen LogP contribution is -2.38. The van der Waals surface area contributed by atoms with E-state index in [1.54, 1.807) is 19.2 Å². The molecule has 0 saturated carbocycles. The van der Waals surface area contributed by atoms with Crippen LogP contribution >= 0.6 is 0 Å². The van der Waals surface area contributed by atoms with Crippen LogP contribution in [0.4, 0.5) is 0 Å². The Kier molecular flexibility index (Phi) is 3.90. The summed E-state index contributed by atoms with van der Waals surface area (Å²) in [4.78, 5) is 10.8. The molecule has 0 aliphatic heterocycles. The number of methoxy groups -OCH3 is 1. The van der Waals surface area contributed by atoms with Crippen molar-refractivity contribution in [1.82, 2.24) is 0 Å². The van der Waals surface area contributed by atoms with E-state index < -0.39 is 11.5 Å². The molecule has 0 aliphatic rings. The number of nitrogens with two attached hydrogens (primary N) is 1. The number of hydrogen-bond donors (Lipinski definition) is 2. The zero-order chi connectivity index (χ0) is 12.2. The molecule has 0 fully saturated rings. The molecule has 4 nitrogen and oxygen atoms in total. The SMILES string of the molecule is CCC(N)(CC(=O)O)c1ccc(OC)cc1. The molecule has 1 aromatic carbocycles.